The van der Waals surface area contributed by atoms with E-state index in [9.17, 15) is 13.2 Å². The maximum Gasteiger partial charge on any atom is 0.229 e. The summed E-state index contributed by atoms with van der Waals surface area (Å²) in [5.74, 6) is 0.927. The number of benzene rings is 1. The average Bonchev–Trinajstić information content (AvgIpc) is 3.38. The zero-order valence-electron chi connectivity index (χ0n) is 15.2. The quantitative estimate of drug-likeness (QED) is 0.800. The van der Waals surface area contributed by atoms with Crippen LogP contribution < -0.4 is 10.1 Å². The summed E-state index contributed by atoms with van der Waals surface area (Å²) >= 11 is 5.99. The number of nitrogens with zero attached hydrogens (tertiary/aromatic N) is 1. The monoisotopic (exact) mass is 420 g/mol. The minimum Gasteiger partial charge on any atom is -0.485 e. The lowest BCUT2D eigenvalue weighted by Gasteiger charge is -2.22. The van der Waals surface area contributed by atoms with Gasteiger partial charge in [0, 0.05) is 17.1 Å². The third-order valence-corrected chi connectivity index (χ3v) is 7.51. The molecule has 2 aromatic rings. The molecule has 6 nitrogen and oxygen atoms in total. The van der Waals surface area contributed by atoms with Gasteiger partial charge in [-0.05, 0) is 54.5 Å². The summed E-state index contributed by atoms with van der Waals surface area (Å²) in [7, 11) is -2.94. The van der Waals surface area contributed by atoms with Crippen molar-refractivity contribution < 1.29 is 17.9 Å². The van der Waals surface area contributed by atoms with Crippen LogP contribution in [0.2, 0.25) is 5.02 Å². The molecule has 1 spiro atoms. The molecule has 1 N–H and O–H groups in total. The number of carbonyl (C=O) groups excluding carboxylic acids is 1. The average molecular weight is 421 g/mol. The molecule has 1 aromatic heterocycles. The van der Waals surface area contributed by atoms with Crippen molar-refractivity contribution in [2.45, 2.75) is 25.9 Å². The maximum absolute atomic E-state index is 12.7. The van der Waals surface area contributed by atoms with E-state index in [2.05, 4.69) is 10.3 Å². The summed E-state index contributed by atoms with van der Waals surface area (Å²) < 4.78 is 29.1. The highest BCUT2D eigenvalue weighted by atomic mass is 35.5. The predicted octanol–water partition coefficient (Wildman–Crippen LogP) is 3.47. The third kappa shape index (κ3) is 4.15. The standard InChI is InChI=1S/C20H21ClN2O4S/c21-15-4-1-3-14(11-15)13-27-17-5-2-8-22-18(17)23-19(24)16-12-20(16)6-9-28(25,26)10-7-20/h1-5,8,11,16H,6-7,9-10,12-13H2,(H,22,23,24). The van der Waals surface area contributed by atoms with E-state index in [-0.39, 0.29) is 28.7 Å². The van der Waals surface area contributed by atoms with Crippen LogP contribution in [0, 0.1) is 11.3 Å². The predicted molar refractivity (Wildman–Crippen MR) is 107 cm³/mol. The number of sulfone groups is 1. The van der Waals surface area contributed by atoms with Gasteiger partial charge in [0.05, 0.1) is 11.5 Å². The van der Waals surface area contributed by atoms with Crippen molar-refractivity contribution in [3.05, 3.63) is 53.2 Å². The molecule has 28 heavy (non-hydrogen) atoms. The molecule has 1 unspecified atom stereocenters. The minimum absolute atomic E-state index is 0.120. The number of nitrogens with one attached hydrogen (secondary N) is 1. The molecular formula is C20H21ClN2O4S. The van der Waals surface area contributed by atoms with Crippen LogP contribution in [0.5, 0.6) is 5.75 Å². The Kier molecular flexibility index (Phi) is 5.05. The fraction of sp³-hybridized carbons (Fsp3) is 0.400. The van der Waals surface area contributed by atoms with E-state index in [1.165, 1.54) is 0 Å². The van der Waals surface area contributed by atoms with Crippen molar-refractivity contribution in [3.8, 4) is 5.75 Å². The van der Waals surface area contributed by atoms with Crippen LogP contribution >= 0.6 is 11.6 Å². The maximum atomic E-state index is 12.7. The molecule has 1 aliphatic carbocycles. The number of ether oxygens (including phenoxy) is 1. The van der Waals surface area contributed by atoms with E-state index in [0.29, 0.717) is 36.0 Å². The van der Waals surface area contributed by atoms with Gasteiger partial charge in [0.2, 0.25) is 5.91 Å². The SMILES string of the molecule is O=C(Nc1ncccc1OCc1cccc(Cl)c1)C1CC12CCS(=O)(=O)CC2. The zero-order chi connectivity index (χ0) is 19.8. The van der Waals surface area contributed by atoms with Gasteiger partial charge in [-0.2, -0.15) is 0 Å². The second-order valence-electron chi connectivity index (χ2n) is 7.53. The largest absolute Gasteiger partial charge is 0.485 e. The summed E-state index contributed by atoms with van der Waals surface area (Å²) in [5, 5.41) is 3.50. The van der Waals surface area contributed by atoms with Crippen LogP contribution in [-0.2, 0) is 21.2 Å². The van der Waals surface area contributed by atoms with Crippen molar-refractivity contribution in [2.24, 2.45) is 11.3 Å². The van der Waals surface area contributed by atoms with Gasteiger partial charge in [0.1, 0.15) is 16.4 Å². The molecule has 1 aromatic carbocycles. The topological polar surface area (TPSA) is 85.4 Å². The van der Waals surface area contributed by atoms with Crippen LogP contribution in [0.3, 0.4) is 0 Å². The van der Waals surface area contributed by atoms with E-state index in [1.54, 1.807) is 24.4 Å². The van der Waals surface area contributed by atoms with E-state index in [1.807, 2.05) is 18.2 Å². The minimum atomic E-state index is -2.94. The first kappa shape index (κ1) is 19.2. The molecule has 1 saturated carbocycles. The van der Waals surface area contributed by atoms with Gasteiger partial charge in [0.15, 0.2) is 11.6 Å². The molecule has 0 radical (unpaired) electrons. The van der Waals surface area contributed by atoms with Crippen LogP contribution in [0.15, 0.2) is 42.6 Å². The highest BCUT2D eigenvalue weighted by Crippen LogP contribution is 2.60. The molecule has 1 saturated heterocycles. The van der Waals surface area contributed by atoms with Crippen molar-refractivity contribution >= 4 is 33.2 Å². The third-order valence-electron chi connectivity index (χ3n) is 5.62. The summed E-state index contributed by atoms with van der Waals surface area (Å²) in [6.45, 7) is 0.306. The van der Waals surface area contributed by atoms with E-state index in [4.69, 9.17) is 16.3 Å². The van der Waals surface area contributed by atoms with Gasteiger partial charge in [-0.15, -0.1) is 0 Å². The number of amides is 1. The highest BCUT2D eigenvalue weighted by Gasteiger charge is 2.59. The van der Waals surface area contributed by atoms with Crippen molar-refractivity contribution in [3.63, 3.8) is 0 Å². The van der Waals surface area contributed by atoms with Crippen LogP contribution in [0.4, 0.5) is 5.82 Å². The van der Waals surface area contributed by atoms with E-state index < -0.39 is 9.84 Å². The summed E-state index contributed by atoms with van der Waals surface area (Å²) in [5.41, 5.74) is 0.754. The summed E-state index contributed by atoms with van der Waals surface area (Å²) in [6, 6.07) is 10.9. The lowest BCUT2D eigenvalue weighted by atomic mass is 9.96. The van der Waals surface area contributed by atoms with Gasteiger partial charge in [-0.25, -0.2) is 13.4 Å². The van der Waals surface area contributed by atoms with Crippen molar-refractivity contribution in [1.82, 2.24) is 4.98 Å². The van der Waals surface area contributed by atoms with Gasteiger partial charge in [0.25, 0.3) is 0 Å². The Bertz CT molecular complexity index is 995. The molecule has 2 aliphatic rings. The first-order chi connectivity index (χ1) is 13.4. The van der Waals surface area contributed by atoms with Crippen LogP contribution in [0.25, 0.3) is 0 Å². The first-order valence-corrected chi connectivity index (χ1v) is 11.4. The number of carbonyl (C=O) groups is 1. The Morgan fingerprint density at radius 3 is 2.79 bits per heavy atom. The van der Waals surface area contributed by atoms with E-state index in [0.717, 1.165) is 12.0 Å². The lowest BCUT2D eigenvalue weighted by molar-refractivity contribution is -0.118. The Labute approximate surface area is 169 Å². The summed E-state index contributed by atoms with van der Waals surface area (Å²) in [4.78, 5) is 16.9. The number of anilines is 1. The van der Waals surface area contributed by atoms with Gasteiger partial charge >= 0.3 is 0 Å². The van der Waals surface area contributed by atoms with Gasteiger partial charge in [-0.3, -0.25) is 4.79 Å². The molecule has 0 bridgehead atoms. The smallest absolute Gasteiger partial charge is 0.229 e. The van der Waals surface area contributed by atoms with Gasteiger partial charge < -0.3 is 10.1 Å². The lowest BCUT2D eigenvalue weighted by Crippen LogP contribution is -2.28. The van der Waals surface area contributed by atoms with Gasteiger partial charge in [-0.1, -0.05) is 23.7 Å². The number of hydrogen-bond acceptors (Lipinski definition) is 5. The number of rotatable bonds is 5. The molecular weight excluding hydrogens is 400 g/mol. The second kappa shape index (κ2) is 7.37. The molecule has 2 heterocycles. The summed E-state index contributed by atoms with van der Waals surface area (Å²) in [6.07, 6.45) is 3.46. The normalized spacial score (nSPS) is 21.8. The molecule has 1 atom stereocenters. The van der Waals surface area contributed by atoms with Crippen LogP contribution in [-0.4, -0.2) is 30.8 Å². The molecule has 8 heteroatoms. The number of hydrogen-bond donors (Lipinski definition) is 1. The molecule has 4 rings (SSSR count). The van der Waals surface area contributed by atoms with Crippen molar-refractivity contribution in [1.29, 1.82) is 0 Å². The van der Waals surface area contributed by atoms with Crippen LogP contribution in [0.1, 0.15) is 24.8 Å². The Morgan fingerprint density at radius 1 is 1.25 bits per heavy atom. The van der Waals surface area contributed by atoms with E-state index >= 15 is 0 Å². The van der Waals surface area contributed by atoms with Crippen molar-refractivity contribution in [2.75, 3.05) is 16.8 Å². The Morgan fingerprint density at radius 2 is 2.04 bits per heavy atom. The Balaban J connectivity index is 1.40. The second-order valence-corrected chi connectivity index (χ2v) is 10.3. The zero-order valence-corrected chi connectivity index (χ0v) is 16.8. The highest BCUT2D eigenvalue weighted by molar-refractivity contribution is 7.91. The Hall–Kier alpha value is -2.12. The fourth-order valence-corrected chi connectivity index (χ4v) is 5.66. The molecule has 148 valence electrons. The fourth-order valence-electron chi connectivity index (χ4n) is 3.81. The number of halogens is 1. The number of aromatic nitrogens is 1. The molecule has 2 fully saturated rings. The molecule has 1 amide bonds. The number of pyridine rings is 1. The molecule has 1 aliphatic heterocycles. The first-order valence-electron chi connectivity index (χ1n) is 9.20.